The van der Waals surface area contributed by atoms with Gasteiger partial charge < -0.3 is 15.3 Å². The van der Waals surface area contributed by atoms with Crippen LogP contribution < -0.4 is 5.32 Å². The molecule has 1 heterocycles. The van der Waals surface area contributed by atoms with Gasteiger partial charge in [-0.25, -0.2) is 4.79 Å². The van der Waals surface area contributed by atoms with Gasteiger partial charge in [-0.3, -0.25) is 9.00 Å². The number of nitrogens with zero attached hydrogens (tertiary/aromatic N) is 1. The molecule has 2 N–H and O–H groups in total. The van der Waals surface area contributed by atoms with Gasteiger partial charge in [0.15, 0.2) is 0 Å². The van der Waals surface area contributed by atoms with Gasteiger partial charge in [0.2, 0.25) is 0 Å². The first kappa shape index (κ1) is 19.4. The maximum Gasteiger partial charge on any atom is 0.317 e. The highest BCUT2D eigenvalue weighted by Crippen LogP contribution is 2.24. The summed E-state index contributed by atoms with van der Waals surface area (Å²) in [7, 11) is -0.979. The highest BCUT2D eigenvalue weighted by Gasteiger charge is 2.37. The van der Waals surface area contributed by atoms with Crippen molar-refractivity contribution in [1.29, 1.82) is 0 Å². The van der Waals surface area contributed by atoms with Crippen LogP contribution >= 0.6 is 0 Å². The van der Waals surface area contributed by atoms with Crippen molar-refractivity contribution in [2.24, 2.45) is 0 Å². The summed E-state index contributed by atoms with van der Waals surface area (Å²) < 4.78 is 11.9. The van der Waals surface area contributed by atoms with Crippen LogP contribution in [0.4, 0.5) is 4.79 Å². The fourth-order valence-electron chi connectivity index (χ4n) is 2.77. The predicted octanol–water partition coefficient (Wildman–Crippen LogP) is 1.97. The Morgan fingerprint density at radius 1 is 1.28 bits per heavy atom. The van der Waals surface area contributed by atoms with E-state index >= 15 is 0 Å². The van der Waals surface area contributed by atoms with Gasteiger partial charge in [-0.1, -0.05) is 30.3 Å². The Kier molecular flexibility index (Phi) is 5.87. The fraction of sp³-hybridized carbons (Fsp3) is 0.556. The lowest BCUT2D eigenvalue weighted by molar-refractivity contribution is -0.142. The summed E-state index contributed by atoms with van der Waals surface area (Å²) >= 11 is 0. The van der Waals surface area contributed by atoms with E-state index in [1.165, 1.54) is 0 Å². The number of carbonyl (C=O) groups excluding carboxylic acids is 1. The standard InChI is InChI=1S/C18H26N2O4S/c1-17(2)9-10-20(11-12-25(17)24)16(23)19-13-18(3,15(21)22)14-7-5-4-6-8-14/h4-8H,9-13H2,1-3H3,(H,19,23)(H,21,22). The summed E-state index contributed by atoms with van der Waals surface area (Å²) in [4.78, 5) is 25.9. The zero-order valence-electron chi connectivity index (χ0n) is 14.9. The van der Waals surface area contributed by atoms with Crippen LogP contribution in [-0.2, 0) is 21.0 Å². The molecule has 1 aliphatic rings. The molecule has 1 saturated heterocycles. The lowest BCUT2D eigenvalue weighted by Crippen LogP contribution is -2.49. The van der Waals surface area contributed by atoms with E-state index in [4.69, 9.17) is 0 Å². The molecule has 138 valence electrons. The number of hydrogen-bond donors (Lipinski definition) is 2. The summed E-state index contributed by atoms with van der Waals surface area (Å²) in [6.45, 7) is 6.42. The number of nitrogens with one attached hydrogen (secondary N) is 1. The van der Waals surface area contributed by atoms with E-state index in [-0.39, 0.29) is 17.3 Å². The molecule has 1 aliphatic heterocycles. The molecule has 2 atom stereocenters. The molecule has 0 aromatic heterocycles. The van der Waals surface area contributed by atoms with Gasteiger partial charge >= 0.3 is 12.0 Å². The van der Waals surface area contributed by atoms with Crippen LogP contribution in [0.5, 0.6) is 0 Å². The third-order valence-electron chi connectivity index (χ3n) is 4.91. The van der Waals surface area contributed by atoms with E-state index in [0.717, 1.165) is 0 Å². The molecule has 2 amide bonds. The Hall–Kier alpha value is -1.89. The van der Waals surface area contributed by atoms with Crippen LogP contribution in [0.1, 0.15) is 32.8 Å². The first-order valence-electron chi connectivity index (χ1n) is 8.37. The molecule has 1 aromatic rings. The Bertz CT molecular complexity index is 662. The van der Waals surface area contributed by atoms with E-state index in [9.17, 15) is 18.9 Å². The summed E-state index contributed by atoms with van der Waals surface area (Å²) in [6, 6.07) is 8.58. The maximum atomic E-state index is 12.5. The molecule has 0 saturated carbocycles. The second-order valence-electron chi connectivity index (χ2n) is 7.21. The van der Waals surface area contributed by atoms with Crippen LogP contribution in [0.2, 0.25) is 0 Å². The number of rotatable bonds is 4. The van der Waals surface area contributed by atoms with Crippen LogP contribution in [0, 0.1) is 0 Å². The van der Waals surface area contributed by atoms with Gasteiger partial charge in [0.25, 0.3) is 0 Å². The van der Waals surface area contributed by atoms with Gasteiger partial charge in [0.1, 0.15) is 5.41 Å². The zero-order chi connectivity index (χ0) is 18.7. The fourth-order valence-corrected chi connectivity index (χ4v) is 4.03. The van der Waals surface area contributed by atoms with Crippen molar-refractivity contribution in [2.75, 3.05) is 25.4 Å². The molecular formula is C18H26N2O4S. The number of hydrogen-bond acceptors (Lipinski definition) is 3. The molecular weight excluding hydrogens is 340 g/mol. The number of carbonyl (C=O) groups is 2. The number of benzene rings is 1. The molecule has 1 fully saturated rings. The monoisotopic (exact) mass is 366 g/mol. The summed E-state index contributed by atoms with van der Waals surface area (Å²) in [5.41, 5.74) is -0.564. The molecule has 0 aliphatic carbocycles. The molecule has 2 rings (SSSR count). The molecule has 6 nitrogen and oxygen atoms in total. The largest absolute Gasteiger partial charge is 0.481 e. The van der Waals surface area contributed by atoms with Crippen LogP contribution in [0.15, 0.2) is 30.3 Å². The highest BCUT2D eigenvalue weighted by atomic mass is 32.2. The average Bonchev–Trinajstić information content (AvgIpc) is 2.72. The zero-order valence-corrected chi connectivity index (χ0v) is 15.8. The quantitative estimate of drug-likeness (QED) is 0.853. The lowest BCUT2D eigenvalue weighted by atomic mass is 9.82. The van der Waals surface area contributed by atoms with E-state index in [0.29, 0.717) is 30.8 Å². The smallest absolute Gasteiger partial charge is 0.317 e. The average molecular weight is 366 g/mol. The molecule has 7 heteroatoms. The van der Waals surface area contributed by atoms with E-state index < -0.39 is 22.2 Å². The topological polar surface area (TPSA) is 86.7 Å². The number of aliphatic carboxylic acids is 1. The molecule has 0 radical (unpaired) electrons. The minimum Gasteiger partial charge on any atom is -0.481 e. The molecule has 1 aromatic carbocycles. The Labute approximate surface area is 151 Å². The van der Waals surface area contributed by atoms with E-state index in [1.54, 1.807) is 36.1 Å². The minimum atomic E-state index is -1.20. The van der Waals surface area contributed by atoms with Gasteiger partial charge in [-0.2, -0.15) is 0 Å². The second-order valence-corrected chi connectivity index (χ2v) is 9.41. The van der Waals surface area contributed by atoms with Crippen molar-refractivity contribution >= 4 is 22.8 Å². The Morgan fingerprint density at radius 3 is 2.52 bits per heavy atom. The Morgan fingerprint density at radius 2 is 1.92 bits per heavy atom. The summed E-state index contributed by atoms with van der Waals surface area (Å²) in [5, 5.41) is 12.4. The van der Waals surface area contributed by atoms with E-state index in [2.05, 4.69) is 5.32 Å². The molecule has 0 bridgehead atoms. The molecule has 0 spiro atoms. The maximum absolute atomic E-state index is 12.5. The molecule has 2 unspecified atom stereocenters. The van der Waals surface area contributed by atoms with Crippen molar-refractivity contribution in [3.8, 4) is 0 Å². The first-order valence-corrected chi connectivity index (χ1v) is 9.69. The van der Waals surface area contributed by atoms with Gasteiger partial charge in [0, 0.05) is 40.9 Å². The minimum absolute atomic E-state index is 0.00579. The van der Waals surface area contributed by atoms with Crippen LogP contribution in [0.25, 0.3) is 0 Å². The Balaban J connectivity index is 2.05. The second kappa shape index (κ2) is 7.56. The van der Waals surface area contributed by atoms with Crippen LogP contribution in [-0.4, -0.2) is 56.3 Å². The summed E-state index contributed by atoms with van der Waals surface area (Å²) in [5.74, 6) is -0.549. The van der Waals surface area contributed by atoms with Crippen molar-refractivity contribution in [1.82, 2.24) is 10.2 Å². The van der Waals surface area contributed by atoms with Crippen molar-refractivity contribution < 1.29 is 18.9 Å². The number of carboxylic acids is 1. The normalized spacial score (nSPS) is 22.5. The van der Waals surface area contributed by atoms with Crippen molar-refractivity contribution in [2.45, 2.75) is 37.4 Å². The van der Waals surface area contributed by atoms with Crippen LogP contribution in [0.3, 0.4) is 0 Å². The van der Waals surface area contributed by atoms with Gasteiger partial charge in [0.05, 0.1) is 0 Å². The third-order valence-corrected chi connectivity index (χ3v) is 6.90. The first-order chi connectivity index (χ1) is 11.7. The van der Waals surface area contributed by atoms with Gasteiger partial charge in [-0.15, -0.1) is 0 Å². The SMILES string of the molecule is CC(CNC(=O)N1CCS(=O)C(C)(C)CC1)(C(=O)O)c1ccccc1. The number of urea groups is 1. The van der Waals surface area contributed by atoms with Crippen molar-refractivity contribution in [3.63, 3.8) is 0 Å². The number of amides is 2. The number of carboxylic acid groups (broad SMARTS) is 1. The summed E-state index contributed by atoms with van der Waals surface area (Å²) in [6.07, 6.45) is 0.655. The lowest BCUT2D eigenvalue weighted by Gasteiger charge is -2.28. The van der Waals surface area contributed by atoms with Gasteiger partial charge in [-0.05, 0) is 32.8 Å². The van der Waals surface area contributed by atoms with Crippen molar-refractivity contribution in [3.05, 3.63) is 35.9 Å². The van der Waals surface area contributed by atoms with E-state index in [1.807, 2.05) is 19.9 Å². The predicted molar refractivity (Wildman–Crippen MR) is 98.1 cm³/mol. The third kappa shape index (κ3) is 4.39. The molecule has 25 heavy (non-hydrogen) atoms. The highest BCUT2D eigenvalue weighted by molar-refractivity contribution is 7.86.